The first-order valence-electron chi connectivity index (χ1n) is 5.88. The van der Waals surface area contributed by atoms with Crippen molar-refractivity contribution in [1.82, 2.24) is 15.5 Å². The van der Waals surface area contributed by atoms with Crippen molar-refractivity contribution in [3.05, 3.63) is 0 Å². The van der Waals surface area contributed by atoms with Crippen LogP contribution in [0.1, 0.15) is 19.8 Å². The minimum absolute atomic E-state index is 0.202. The summed E-state index contributed by atoms with van der Waals surface area (Å²) in [7, 11) is 2.06. The number of rotatable bonds is 6. The fraction of sp³-hybridized carbons (Fsp3) is 0.909. The largest absolute Gasteiger partial charge is 0.355 e. The molecule has 0 bridgehead atoms. The maximum absolute atomic E-state index is 11.5. The molecule has 0 aromatic rings. The van der Waals surface area contributed by atoms with E-state index in [0.717, 1.165) is 39.1 Å². The monoisotopic (exact) mass is 213 g/mol. The van der Waals surface area contributed by atoms with E-state index < -0.39 is 0 Å². The van der Waals surface area contributed by atoms with Gasteiger partial charge in [0.15, 0.2) is 0 Å². The van der Waals surface area contributed by atoms with Crippen molar-refractivity contribution in [2.45, 2.75) is 19.8 Å². The maximum atomic E-state index is 11.5. The maximum Gasteiger partial charge on any atom is 0.220 e. The van der Waals surface area contributed by atoms with E-state index in [2.05, 4.69) is 29.5 Å². The van der Waals surface area contributed by atoms with Crippen LogP contribution in [0.2, 0.25) is 0 Å². The van der Waals surface area contributed by atoms with Crippen molar-refractivity contribution in [2.24, 2.45) is 5.92 Å². The molecule has 1 saturated heterocycles. The van der Waals surface area contributed by atoms with Crippen molar-refractivity contribution in [2.75, 3.05) is 39.8 Å². The number of nitrogens with one attached hydrogen (secondary N) is 2. The molecule has 1 rings (SSSR count). The number of hydrogen-bond acceptors (Lipinski definition) is 3. The Morgan fingerprint density at radius 2 is 2.40 bits per heavy atom. The van der Waals surface area contributed by atoms with E-state index in [-0.39, 0.29) is 5.91 Å². The van der Waals surface area contributed by atoms with Gasteiger partial charge in [0.1, 0.15) is 0 Å². The number of hydrogen-bond donors (Lipinski definition) is 2. The third-order valence-electron chi connectivity index (χ3n) is 2.99. The summed E-state index contributed by atoms with van der Waals surface area (Å²) in [5.41, 5.74) is 0. The van der Waals surface area contributed by atoms with Gasteiger partial charge in [-0.3, -0.25) is 4.79 Å². The van der Waals surface area contributed by atoms with E-state index in [1.807, 2.05) is 0 Å². The third kappa shape index (κ3) is 5.14. The Kier molecular flexibility index (Phi) is 5.65. The van der Waals surface area contributed by atoms with Crippen molar-refractivity contribution in [1.29, 1.82) is 0 Å². The molecule has 2 N–H and O–H groups in total. The van der Waals surface area contributed by atoms with Gasteiger partial charge >= 0.3 is 0 Å². The molecule has 1 atom stereocenters. The molecular weight excluding hydrogens is 190 g/mol. The van der Waals surface area contributed by atoms with Crippen molar-refractivity contribution in [3.8, 4) is 0 Å². The first-order chi connectivity index (χ1) is 7.22. The highest BCUT2D eigenvalue weighted by Crippen LogP contribution is 2.11. The van der Waals surface area contributed by atoms with Gasteiger partial charge in [0.05, 0.1) is 0 Å². The molecule has 0 spiro atoms. The number of carbonyl (C=O) groups is 1. The minimum Gasteiger partial charge on any atom is -0.355 e. The van der Waals surface area contributed by atoms with E-state index in [1.165, 1.54) is 0 Å². The zero-order chi connectivity index (χ0) is 11.1. The smallest absolute Gasteiger partial charge is 0.220 e. The Hall–Kier alpha value is -0.610. The molecule has 4 heteroatoms. The van der Waals surface area contributed by atoms with E-state index in [0.29, 0.717) is 12.3 Å². The summed E-state index contributed by atoms with van der Waals surface area (Å²) in [6.45, 7) is 6.92. The lowest BCUT2D eigenvalue weighted by Gasteiger charge is -2.14. The van der Waals surface area contributed by atoms with Gasteiger partial charge in [-0.15, -0.1) is 0 Å². The molecule has 15 heavy (non-hydrogen) atoms. The number of likely N-dealkylation sites (N-methyl/N-ethyl adjacent to an activating group) is 1. The average Bonchev–Trinajstić information content (AvgIpc) is 2.70. The Bertz CT molecular complexity index is 190. The van der Waals surface area contributed by atoms with Crippen molar-refractivity contribution < 1.29 is 4.79 Å². The Labute approximate surface area is 92.4 Å². The summed E-state index contributed by atoms with van der Waals surface area (Å²) in [5, 5.41) is 6.24. The van der Waals surface area contributed by atoms with Crippen LogP contribution in [0.15, 0.2) is 0 Å². The zero-order valence-corrected chi connectivity index (χ0v) is 9.88. The molecular formula is C11H23N3O. The molecule has 0 radical (unpaired) electrons. The topological polar surface area (TPSA) is 44.4 Å². The van der Waals surface area contributed by atoms with Crippen molar-refractivity contribution in [3.63, 3.8) is 0 Å². The standard InChI is InChI=1S/C11H23N3O/c1-3-14(2)7-6-13-11(15)8-10-4-5-12-9-10/h10,12H,3-9H2,1-2H3,(H,13,15). The van der Waals surface area contributed by atoms with Crippen LogP contribution in [0.5, 0.6) is 0 Å². The molecule has 0 saturated carbocycles. The van der Waals surface area contributed by atoms with Crippen LogP contribution in [0.4, 0.5) is 0 Å². The third-order valence-corrected chi connectivity index (χ3v) is 2.99. The number of nitrogens with zero attached hydrogens (tertiary/aromatic N) is 1. The second-order valence-electron chi connectivity index (χ2n) is 4.31. The number of amides is 1. The van der Waals surface area contributed by atoms with Crippen LogP contribution < -0.4 is 10.6 Å². The van der Waals surface area contributed by atoms with Gasteiger partial charge in [0.25, 0.3) is 0 Å². The lowest BCUT2D eigenvalue weighted by Crippen LogP contribution is -2.33. The lowest BCUT2D eigenvalue weighted by molar-refractivity contribution is -0.121. The molecule has 1 unspecified atom stereocenters. The van der Waals surface area contributed by atoms with E-state index >= 15 is 0 Å². The fourth-order valence-corrected chi connectivity index (χ4v) is 1.77. The van der Waals surface area contributed by atoms with Gasteiger partial charge in [0, 0.05) is 19.5 Å². The van der Waals surface area contributed by atoms with Gasteiger partial charge in [-0.25, -0.2) is 0 Å². The van der Waals surface area contributed by atoms with Gasteiger partial charge in [-0.1, -0.05) is 6.92 Å². The van der Waals surface area contributed by atoms with E-state index in [1.54, 1.807) is 0 Å². The quantitative estimate of drug-likeness (QED) is 0.655. The molecule has 0 aromatic carbocycles. The molecule has 1 fully saturated rings. The first-order valence-corrected chi connectivity index (χ1v) is 5.88. The summed E-state index contributed by atoms with van der Waals surface area (Å²) in [4.78, 5) is 13.7. The zero-order valence-electron chi connectivity index (χ0n) is 9.88. The first kappa shape index (κ1) is 12.5. The van der Waals surface area contributed by atoms with Gasteiger partial charge in [-0.2, -0.15) is 0 Å². The molecule has 1 heterocycles. The minimum atomic E-state index is 0.202. The molecule has 88 valence electrons. The molecule has 0 aromatic heterocycles. The van der Waals surface area contributed by atoms with Gasteiger partial charge in [0.2, 0.25) is 5.91 Å². The van der Waals surface area contributed by atoms with Crippen LogP contribution in [-0.4, -0.2) is 50.6 Å². The molecule has 1 aliphatic rings. The summed E-state index contributed by atoms with van der Waals surface area (Å²) in [6, 6.07) is 0. The summed E-state index contributed by atoms with van der Waals surface area (Å²) >= 11 is 0. The fourth-order valence-electron chi connectivity index (χ4n) is 1.77. The van der Waals surface area contributed by atoms with E-state index in [9.17, 15) is 4.79 Å². The predicted octanol–water partition coefficient (Wildman–Crippen LogP) is 0.0539. The second kappa shape index (κ2) is 6.80. The van der Waals surface area contributed by atoms with Crippen LogP contribution in [0, 0.1) is 5.92 Å². The summed E-state index contributed by atoms with van der Waals surface area (Å²) < 4.78 is 0. The second-order valence-corrected chi connectivity index (χ2v) is 4.31. The molecule has 1 aliphatic heterocycles. The molecule has 0 aliphatic carbocycles. The Morgan fingerprint density at radius 1 is 1.60 bits per heavy atom. The summed E-state index contributed by atoms with van der Waals surface area (Å²) in [6.07, 6.45) is 1.82. The lowest BCUT2D eigenvalue weighted by atomic mass is 10.0. The Morgan fingerprint density at radius 3 is 3.00 bits per heavy atom. The van der Waals surface area contributed by atoms with Crippen LogP contribution in [0.25, 0.3) is 0 Å². The number of carbonyl (C=O) groups excluding carboxylic acids is 1. The normalized spacial score (nSPS) is 20.9. The van der Waals surface area contributed by atoms with Gasteiger partial charge < -0.3 is 15.5 Å². The van der Waals surface area contributed by atoms with E-state index in [4.69, 9.17) is 0 Å². The Balaban J connectivity index is 2.02. The average molecular weight is 213 g/mol. The van der Waals surface area contributed by atoms with Crippen molar-refractivity contribution >= 4 is 5.91 Å². The molecule has 4 nitrogen and oxygen atoms in total. The van der Waals surface area contributed by atoms with Crippen LogP contribution in [-0.2, 0) is 4.79 Å². The predicted molar refractivity (Wildman–Crippen MR) is 61.8 cm³/mol. The highest BCUT2D eigenvalue weighted by atomic mass is 16.1. The van der Waals surface area contributed by atoms with Crippen LogP contribution >= 0.6 is 0 Å². The van der Waals surface area contributed by atoms with Gasteiger partial charge in [-0.05, 0) is 39.0 Å². The van der Waals surface area contributed by atoms with Crippen LogP contribution in [0.3, 0.4) is 0 Å². The molecule has 1 amide bonds. The highest BCUT2D eigenvalue weighted by Gasteiger charge is 2.17. The SMILES string of the molecule is CCN(C)CCNC(=O)CC1CCNC1. The summed E-state index contributed by atoms with van der Waals surface area (Å²) in [5.74, 6) is 0.752. The highest BCUT2D eigenvalue weighted by molar-refractivity contribution is 5.76.